The summed E-state index contributed by atoms with van der Waals surface area (Å²) in [5.74, 6) is 1.44. The molecule has 0 aliphatic carbocycles. The molecule has 0 bridgehead atoms. The average Bonchev–Trinajstić information content (AvgIpc) is 2.35. The second kappa shape index (κ2) is 6.54. The van der Waals surface area contributed by atoms with Gasteiger partial charge in [-0.2, -0.15) is 0 Å². The zero-order chi connectivity index (χ0) is 13.6. The summed E-state index contributed by atoms with van der Waals surface area (Å²) in [6.07, 6.45) is 2.51. The third-order valence-corrected chi connectivity index (χ3v) is 2.95. The van der Waals surface area contributed by atoms with E-state index in [0.717, 1.165) is 31.0 Å². The summed E-state index contributed by atoms with van der Waals surface area (Å²) < 4.78 is 10.3. The number of methoxy groups -OCH3 is 2. The molecule has 1 aromatic rings. The third-order valence-electron chi connectivity index (χ3n) is 2.95. The maximum Gasteiger partial charge on any atom is 0.221 e. The first kappa shape index (κ1) is 14.7. The molecule has 0 radical (unpaired) electrons. The summed E-state index contributed by atoms with van der Waals surface area (Å²) in [6, 6.07) is 0. The highest BCUT2D eigenvalue weighted by molar-refractivity contribution is 5.47. The monoisotopic (exact) mass is 253 g/mol. The predicted octanol–water partition coefficient (Wildman–Crippen LogP) is 2.27. The molecule has 1 heterocycles. The Morgan fingerprint density at radius 2 is 2.00 bits per heavy atom. The Balaban J connectivity index is 2.63. The van der Waals surface area contributed by atoms with Crippen molar-refractivity contribution in [2.75, 3.05) is 32.7 Å². The van der Waals surface area contributed by atoms with E-state index in [2.05, 4.69) is 29.1 Å². The first-order valence-electron chi connectivity index (χ1n) is 6.08. The second-order valence-corrected chi connectivity index (χ2v) is 5.12. The molecule has 0 saturated heterocycles. The first-order valence-corrected chi connectivity index (χ1v) is 6.08. The molecule has 102 valence electrons. The molecule has 18 heavy (non-hydrogen) atoms. The highest BCUT2D eigenvalue weighted by Crippen LogP contribution is 2.24. The highest BCUT2D eigenvalue weighted by Gasteiger charge is 2.18. The van der Waals surface area contributed by atoms with E-state index in [1.165, 1.54) is 6.33 Å². The third kappa shape index (κ3) is 4.14. The van der Waals surface area contributed by atoms with Crippen molar-refractivity contribution in [1.29, 1.82) is 0 Å². The summed E-state index contributed by atoms with van der Waals surface area (Å²) in [4.78, 5) is 8.29. The molecule has 0 atom stereocenters. The van der Waals surface area contributed by atoms with Gasteiger partial charge in [-0.05, 0) is 18.8 Å². The Kier molecular flexibility index (Phi) is 5.34. The van der Waals surface area contributed by atoms with Crippen LogP contribution in [0.5, 0.6) is 5.88 Å². The van der Waals surface area contributed by atoms with Crippen molar-refractivity contribution in [1.82, 2.24) is 9.97 Å². The van der Waals surface area contributed by atoms with Crippen LogP contribution < -0.4 is 10.1 Å². The minimum atomic E-state index is 0.153. The van der Waals surface area contributed by atoms with Crippen LogP contribution in [-0.2, 0) is 4.74 Å². The molecule has 0 aliphatic rings. The maximum absolute atomic E-state index is 5.17. The van der Waals surface area contributed by atoms with Crippen molar-refractivity contribution in [3.05, 3.63) is 11.9 Å². The smallest absolute Gasteiger partial charge is 0.221 e. The number of rotatable bonds is 7. The molecular weight excluding hydrogens is 230 g/mol. The molecule has 0 fully saturated rings. The Morgan fingerprint density at radius 3 is 2.61 bits per heavy atom. The van der Waals surface area contributed by atoms with E-state index in [0.29, 0.717) is 5.88 Å². The van der Waals surface area contributed by atoms with Crippen molar-refractivity contribution < 1.29 is 9.47 Å². The molecule has 5 nitrogen and oxygen atoms in total. The standard InChI is InChI=1S/C13H23N3O2/c1-10-11(15-9-16-12(10)18-5)14-8-13(2,3)6-7-17-4/h9H,6-8H2,1-5H3,(H,14,15,16). The molecule has 1 aromatic heterocycles. The van der Waals surface area contributed by atoms with Gasteiger partial charge < -0.3 is 14.8 Å². The van der Waals surface area contributed by atoms with Crippen LogP contribution in [0.4, 0.5) is 5.82 Å². The minimum absolute atomic E-state index is 0.153. The maximum atomic E-state index is 5.17. The summed E-state index contributed by atoms with van der Waals surface area (Å²) >= 11 is 0. The fourth-order valence-corrected chi connectivity index (χ4v) is 1.61. The molecule has 1 N–H and O–H groups in total. The van der Waals surface area contributed by atoms with Crippen LogP contribution in [-0.4, -0.2) is 37.3 Å². The molecule has 0 aliphatic heterocycles. The lowest BCUT2D eigenvalue weighted by Crippen LogP contribution is -2.25. The van der Waals surface area contributed by atoms with E-state index in [1.54, 1.807) is 14.2 Å². The van der Waals surface area contributed by atoms with Gasteiger partial charge in [-0.3, -0.25) is 0 Å². The zero-order valence-electron chi connectivity index (χ0n) is 11.9. The van der Waals surface area contributed by atoms with Gasteiger partial charge in [0.2, 0.25) is 5.88 Å². The Bertz CT molecular complexity index is 380. The van der Waals surface area contributed by atoms with E-state index in [-0.39, 0.29) is 5.41 Å². The average molecular weight is 253 g/mol. The number of aromatic nitrogens is 2. The van der Waals surface area contributed by atoms with Gasteiger partial charge in [0.05, 0.1) is 12.7 Å². The van der Waals surface area contributed by atoms with Crippen molar-refractivity contribution in [3.63, 3.8) is 0 Å². The fourth-order valence-electron chi connectivity index (χ4n) is 1.61. The fraction of sp³-hybridized carbons (Fsp3) is 0.692. The zero-order valence-corrected chi connectivity index (χ0v) is 11.9. The summed E-state index contributed by atoms with van der Waals surface area (Å²) in [5.41, 5.74) is 1.09. The summed E-state index contributed by atoms with van der Waals surface area (Å²) in [6.45, 7) is 7.95. The van der Waals surface area contributed by atoms with E-state index < -0.39 is 0 Å². The van der Waals surface area contributed by atoms with Gasteiger partial charge in [-0.25, -0.2) is 9.97 Å². The normalized spacial score (nSPS) is 11.4. The summed E-state index contributed by atoms with van der Waals surface area (Å²) in [5, 5.41) is 3.35. The number of hydrogen-bond acceptors (Lipinski definition) is 5. The highest BCUT2D eigenvalue weighted by atomic mass is 16.5. The number of hydrogen-bond donors (Lipinski definition) is 1. The van der Waals surface area contributed by atoms with Crippen molar-refractivity contribution in [2.24, 2.45) is 5.41 Å². The Hall–Kier alpha value is -1.36. The van der Waals surface area contributed by atoms with Crippen LogP contribution in [0.3, 0.4) is 0 Å². The van der Waals surface area contributed by atoms with E-state index in [9.17, 15) is 0 Å². The van der Waals surface area contributed by atoms with Crippen molar-refractivity contribution in [2.45, 2.75) is 27.2 Å². The molecule has 0 saturated carbocycles. The number of nitrogens with zero attached hydrogens (tertiary/aromatic N) is 2. The second-order valence-electron chi connectivity index (χ2n) is 5.12. The Labute approximate surface area is 109 Å². The van der Waals surface area contributed by atoms with E-state index in [4.69, 9.17) is 9.47 Å². The quantitative estimate of drug-likeness (QED) is 0.808. The number of nitrogens with one attached hydrogen (secondary N) is 1. The van der Waals surface area contributed by atoms with E-state index in [1.807, 2.05) is 6.92 Å². The van der Waals surface area contributed by atoms with Crippen molar-refractivity contribution >= 4 is 5.82 Å². The van der Waals surface area contributed by atoms with Gasteiger partial charge >= 0.3 is 0 Å². The van der Waals surface area contributed by atoms with Crippen LogP contribution in [0.1, 0.15) is 25.8 Å². The predicted molar refractivity (Wildman–Crippen MR) is 72.1 cm³/mol. The lowest BCUT2D eigenvalue weighted by molar-refractivity contribution is 0.157. The Morgan fingerprint density at radius 1 is 1.28 bits per heavy atom. The SMILES string of the molecule is COCCC(C)(C)CNc1ncnc(OC)c1C. The van der Waals surface area contributed by atoms with Gasteiger partial charge in [0.15, 0.2) is 0 Å². The number of anilines is 1. The largest absolute Gasteiger partial charge is 0.481 e. The van der Waals surface area contributed by atoms with E-state index >= 15 is 0 Å². The van der Waals surface area contributed by atoms with Gasteiger partial charge in [0, 0.05) is 20.3 Å². The molecule has 0 spiro atoms. The molecule has 1 rings (SSSR count). The van der Waals surface area contributed by atoms with Crippen LogP contribution in [0.25, 0.3) is 0 Å². The van der Waals surface area contributed by atoms with Gasteiger partial charge in [0.1, 0.15) is 12.1 Å². The van der Waals surface area contributed by atoms with Crippen molar-refractivity contribution in [3.8, 4) is 5.88 Å². The topological polar surface area (TPSA) is 56.3 Å². The minimum Gasteiger partial charge on any atom is -0.481 e. The van der Waals surface area contributed by atoms with Crippen LogP contribution in [0, 0.1) is 12.3 Å². The molecule has 0 amide bonds. The lowest BCUT2D eigenvalue weighted by Gasteiger charge is -2.25. The van der Waals surface area contributed by atoms with Gasteiger partial charge in [0.25, 0.3) is 0 Å². The first-order chi connectivity index (χ1) is 8.50. The molecule has 5 heteroatoms. The molecule has 0 aromatic carbocycles. The van der Waals surface area contributed by atoms with Gasteiger partial charge in [-0.15, -0.1) is 0 Å². The van der Waals surface area contributed by atoms with Crippen LogP contribution in [0.2, 0.25) is 0 Å². The summed E-state index contributed by atoms with van der Waals surface area (Å²) in [7, 11) is 3.34. The van der Waals surface area contributed by atoms with Gasteiger partial charge in [-0.1, -0.05) is 13.8 Å². The van der Waals surface area contributed by atoms with Crippen LogP contribution in [0.15, 0.2) is 6.33 Å². The molecular formula is C13H23N3O2. The number of ether oxygens (including phenoxy) is 2. The van der Waals surface area contributed by atoms with Crippen LogP contribution >= 0.6 is 0 Å². The molecule has 0 unspecified atom stereocenters. The lowest BCUT2D eigenvalue weighted by atomic mass is 9.90.